The van der Waals surface area contributed by atoms with Gasteiger partial charge in [0.2, 0.25) is 5.56 Å². The molecule has 1 aliphatic rings. The summed E-state index contributed by atoms with van der Waals surface area (Å²) in [6, 6.07) is 11.3. The first-order chi connectivity index (χ1) is 12.6. The number of halogens is 1. The molecule has 6 heteroatoms. The summed E-state index contributed by atoms with van der Waals surface area (Å²) in [5, 5.41) is 14.4. The van der Waals surface area contributed by atoms with Gasteiger partial charge in [-0.2, -0.15) is 0 Å². The van der Waals surface area contributed by atoms with Crippen molar-refractivity contribution >= 4 is 17.3 Å². The van der Waals surface area contributed by atoms with Gasteiger partial charge >= 0.3 is 0 Å². The fourth-order valence-electron chi connectivity index (χ4n) is 3.46. The summed E-state index contributed by atoms with van der Waals surface area (Å²) in [6.45, 7) is 2.52. The Balaban J connectivity index is 1.37. The Kier molecular flexibility index (Phi) is 6.72. The standard InChI is InChI=1S/C20H26ClN3O2/c21-17-3-1-15(2-4-17)13-16-8-11-24(12-9-16)20(26)7-10-22-18-5-6-19(25)23-14-18/h1-6,14,16,20,22,26H,7-13H2,(H,23,25). The van der Waals surface area contributed by atoms with Crippen molar-refractivity contribution in [3.63, 3.8) is 0 Å². The number of H-pyrrole nitrogens is 1. The fraction of sp³-hybridized carbons (Fsp3) is 0.450. The number of aliphatic hydroxyl groups excluding tert-OH is 1. The second-order valence-corrected chi connectivity index (χ2v) is 7.38. The van der Waals surface area contributed by atoms with Gasteiger partial charge in [-0.1, -0.05) is 23.7 Å². The van der Waals surface area contributed by atoms with E-state index in [4.69, 9.17) is 11.6 Å². The van der Waals surface area contributed by atoms with E-state index in [1.807, 2.05) is 12.1 Å². The number of pyridine rings is 1. The lowest BCUT2D eigenvalue weighted by atomic mass is 9.90. The van der Waals surface area contributed by atoms with Crippen molar-refractivity contribution in [1.29, 1.82) is 0 Å². The normalized spacial score (nSPS) is 17.2. The van der Waals surface area contributed by atoms with E-state index in [0.717, 1.165) is 43.1 Å². The summed E-state index contributed by atoms with van der Waals surface area (Å²) in [7, 11) is 0. The van der Waals surface area contributed by atoms with Crippen LogP contribution in [0.3, 0.4) is 0 Å². The number of hydrogen-bond acceptors (Lipinski definition) is 4. The van der Waals surface area contributed by atoms with Gasteiger partial charge in [0.05, 0.1) is 5.69 Å². The number of nitrogens with zero attached hydrogens (tertiary/aromatic N) is 1. The Morgan fingerprint density at radius 2 is 1.92 bits per heavy atom. The lowest BCUT2D eigenvalue weighted by Gasteiger charge is -2.35. The van der Waals surface area contributed by atoms with Crippen molar-refractivity contribution in [3.8, 4) is 0 Å². The van der Waals surface area contributed by atoms with E-state index in [0.29, 0.717) is 18.9 Å². The fourth-order valence-corrected chi connectivity index (χ4v) is 3.58. The van der Waals surface area contributed by atoms with Crippen molar-refractivity contribution in [2.45, 2.75) is 31.9 Å². The minimum Gasteiger partial charge on any atom is -0.384 e. The molecule has 5 nitrogen and oxygen atoms in total. The van der Waals surface area contributed by atoms with Crippen molar-refractivity contribution in [2.24, 2.45) is 5.92 Å². The predicted octanol–water partition coefficient (Wildman–Crippen LogP) is 3.10. The highest BCUT2D eigenvalue weighted by molar-refractivity contribution is 6.30. The first kappa shape index (κ1) is 19.0. The number of aromatic amines is 1. The number of nitrogens with one attached hydrogen (secondary N) is 2. The maximum absolute atomic E-state index is 11.0. The second-order valence-electron chi connectivity index (χ2n) is 6.95. The topological polar surface area (TPSA) is 68.4 Å². The van der Waals surface area contributed by atoms with Crippen molar-refractivity contribution in [2.75, 3.05) is 25.0 Å². The molecular formula is C20H26ClN3O2. The van der Waals surface area contributed by atoms with Crippen LogP contribution in [0.2, 0.25) is 5.02 Å². The van der Waals surface area contributed by atoms with Gasteiger partial charge in [0.1, 0.15) is 6.23 Å². The zero-order valence-electron chi connectivity index (χ0n) is 14.8. The van der Waals surface area contributed by atoms with Crippen LogP contribution in [-0.2, 0) is 6.42 Å². The molecule has 1 saturated heterocycles. The Bertz CT molecular complexity index is 719. The van der Waals surface area contributed by atoms with E-state index in [1.165, 1.54) is 11.6 Å². The van der Waals surface area contributed by atoms with Crippen LogP contribution in [0.5, 0.6) is 0 Å². The third kappa shape index (κ3) is 5.59. The lowest BCUT2D eigenvalue weighted by Crippen LogP contribution is -2.42. The summed E-state index contributed by atoms with van der Waals surface area (Å²) < 4.78 is 0. The Labute approximate surface area is 159 Å². The van der Waals surface area contributed by atoms with E-state index in [1.54, 1.807) is 12.3 Å². The summed E-state index contributed by atoms with van der Waals surface area (Å²) in [5.41, 5.74) is 2.08. The third-order valence-electron chi connectivity index (χ3n) is 5.02. The molecule has 2 heterocycles. The van der Waals surface area contributed by atoms with Crippen LogP contribution in [-0.4, -0.2) is 40.9 Å². The molecule has 1 fully saturated rings. The maximum Gasteiger partial charge on any atom is 0.248 e. The molecule has 3 N–H and O–H groups in total. The zero-order valence-corrected chi connectivity index (χ0v) is 15.6. The average Bonchev–Trinajstić information content (AvgIpc) is 2.66. The quantitative estimate of drug-likeness (QED) is 0.695. The number of aromatic nitrogens is 1. The molecule has 1 unspecified atom stereocenters. The van der Waals surface area contributed by atoms with Crippen LogP contribution >= 0.6 is 11.6 Å². The van der Waals surface area contributed by atoms with Crippen LogP contribution in [0.15, 0.2) is 47.4 Å². The predicted molar refractivity (Wildman–Crippen MR) is 106 cm³/mol. The van der Waals surface area contributed by atoms with Gasteiger partial charge < -0.3 is 15.4 Å². The number of likely N-dealkylation sites (tertiary alicyclic amines) is 1. The molecule has 1 aliphatic heterocycles. The molecule has 26 heavy (non-hydrogen) atoms. The van der Waals surface area contributed by atoms with E-state index < -0.39 is 6.23 Å². The smallest absolute Gasteiger partial charge is 0.248 e. The molecular weight excluding hydrogens is 350 g/mol. The number of anilines is 1. The van der Waals surface area contributed by atoms with Gasteiger partial charge in [0.25, 0.3) is 0 Å². The Hall–Kier alpha value is -1.82. The summed E-state index contributed by atoms with van der Waals surface area (Å²) in [4.78, 5) is 15.8. The van der Waals surface area contributed by atoms with Crippen LogP contribution in [0.4, 0.5) is 5.69 Å². The Morgan fingerprint density at radius 3 is 2.58 bits per heavy atom. The van der Waals surface area contributed by atoms with E-state index in [-0.39, 0.29) is 5.56 Å². The minimum atomic E-state index is -0.429. The maximum atomic E-state index is 11.0. The molecule has 0 radical (unpaired) electrons. The van der Waals surface area contributed by atoms with Crippen molar-refractivity contribution in [3.05, 3.63) is 63.5 Å². The molecule has 0 spiro atoms. The van der Waals surface area contributed by atoms with Crippen LogP contribution in [0.1, 0.15) is 24.8 Å². The molecule has 2 aromatic rings. The van der Waals surface area contributed by atoms with E-state index >= 15 is 0 Å². The van der Waals surface area contributed by atoms with Crippen molar-refractivity contribution in [1.82, 2.24) is 9.88 Å². The number of piperidine rings is 1. The molecule has 0 aliphatic carbocycles. The van der Waals surface area contributed by atoms with Crippen LogP contribution < -0.4 is 10.9 Å². The molecule has 0 bridgehead atoms. The zero-order chi connectivity index (χ0) is 18.4. The molecule has 1 aromatic heterocycles. The lowest BCUT2D eigenvalue weighted by molar-refractivity contribution is -0.0195. The number of hydrogen-bond donors (Lipinski definition) is 3. The first-order valence-electron chi connectivity index (χ1n) is 9.19. The Morgan fingerprint density at radius 1 is 1.19 bits per heavy atom. The van der Waals surface area contributed by atoms with Gasteiger partial charge in [0, 0.05) is 43.3 Å². The van der Waals surface area contributed by atoms with Gasteiger partial charge in [-0.15, -0.1) is 0 Å². The number of benzene rings is 1. The third-order valence-corrected chi connectivity index (χ3v) is 5.28. The SMILES string of the molecule is O=c1ccc(NCCC(O)N2CCC(Cc3ccc(Cl)cc3)CC2)c[nH]1. The highest BCUT2D eigenvalue weighted by Gasteiger charge is 2.23. The summed E-state index contributed by atoms with van der Waals surface area (Å²) >= 11 is 5.94. The van der Waals surface area contributed by atoms with Crippen LogP contribution in [0, 0.1) is 5.92 Å². The molecule has 0 amide bonds. The minimum absolute atomic E-state index is 0.114. The highest BCUT2D eigenvalue weighted by Crippen LogP contribution is 2.23. The highest BCUT2D eigenvalue weighted by atomic mass is 35.5. The molecule has 1 atom stereocenters. The first-order valence-corrected chi connectivity index (χ1v) is 9.57. The number of rotatable bonds is 7. The second kappa shape index (κ2) is 9.21. The molecule has 3 rings (SSSR count). The average molecular weight is 376 g/mol. The molecule has 0 saturated carbocycles. The summed E-state index contributed by atoms with van der Waals surface area (Å²) in [5.74, 6) is 0.666. The van der Waals surface area contributed by atoms with Crippen molar-refractivity contribution < 1.29 is 5.11 Å². The molecule has 140 valence electrons. The van der Waals surface area contributed by atoms with Gasteiger partial charge in [-0.3, -0.25) is 9.69 Å². The van der Waals surface area contributed by atoms with E-state index in [2.05, 4.69) is 27.3 Å². The summed E-state index contributed by atoms with van der Waals surface area (Å²) in [6.07, 6.45) is 5.16. The van der Waals surface area contributed by atoms with Gasteiger partial charge in [0.15, 0.2) is 0 Å². The largest absolute Gasteiger partial charge is 0.384 e. The van der Waals surface area contributed by atoms with Gasteiger partial charge in [-0.25, -0.2) is 0 Å². The monoisotopic (exact) mass is 375 g/mol. The van der Waals surface area contributed by atoms with Crippen LogP contribution in [0.25, 0.3) is 0 Å². The number of aliphatic hydroxyl groups is 1. The van der Waals surface area contributed by atoms with Gasteiger partial charge in [-0.05, 0) is 48.9 Å². The van der Waals surface area contributed by atoms with E-state index in [9.17, 15) is 9.90 Å². The molecule has 1 aromatic carbocycles.